The third kappa shape index (κ3) is 8.44. The minimum Gasteiger partial charge on any atom is -0.406 e. The summed E-state index contributed by atoms with van der Waals surface area (Å²) in [6, 6.07) is 8.72. The molecule has 194 valence electrons. The highest BCUT2D eigenvalue weighted by Crippen LogP contribution is 2.39. The van der Waals surface area contributed by atoms with Gasteiger partial charge in [0.2, 0.25) is 0 Å². The maximum absolute atomic E-state index is 14.6. The van der Waals surface area contributed by atoms with Gasteiger partial charge >= 0.3 is 12.5 Å². The molecular weight excluding hydrogens is 470 g/mol. The second-order valence-electron chi connectivity index (χ2n) is 9.26. The molecule has 0 unspecified atom stereocenters. The smallest absolute Gasteiger partial charge is 0.406 e. The first kappa shape index (κ1) is 27.4. The van der Waals surface area contributed by atoms with Gasteiger partial charge in [0, 0.05) is 0 Å². The first-order valence-electron chi connectivity index (χ1n) is 12.2. The molecule has 0 heterocycles. The Morgan fingerprint density at radius 2 is 1.57 bits per heavy atom. The summed E-state index contributed by atoms with van der Waals surface area (Å²) in [6.45, 7) is 1.75. The molecule has 1 fully saturated rings. The molecule has 1 aliphatic rings. The van der Waals surface area contributed by atoms with E-state index in [0.29, 0.717) is 11.5 Å². The Kier molecular flexibility index (Phi) is 9.50. The van der Waals surface area contributed by atoms with Gasteiger partial charge in [-0.2, -0.15) is 8.78 Å². The van der Waals surface area contributed by atoms with Crippen LogP contribution in [0.3, 0.4) is 0 Å². The van der Waals surface area contributed by atoms with E-state index in [1.165, 1.54) is 43.9 Å². The normalized spacial score (nSPS) is 19.1. The zero-order valence-electron chi connectivity index (χ0n) is 19.9. The molecule has 1 saturated carbocycles. The van der Waals surface area contributed by atoms with Crippen molar-refractivity contribution in [1.29, 1.82) is 0 Å². The van der Waals surface area contributed by atoms with Crippen molar-refractivity contribution in [1.82, 2.24) is 0 Å². The molecular formula is C27H32F6O2. The summed E-state index contributed by atoms with van der Waals surface area (Å²) in [7, 11) is 0. The van der Waals surface area contributed by atoms with Gasteiger partial charge in [0.25, 0.3) is 0 Å². The largest absolute Gasteiger partial charge is 0.573 e. The topological polar surface area (TPSA) is 18.5 Å². The third-order valence-electron chi connectivity index (χ3n) is 6.67. The van der Waals surface area contributed by atoms with Gasteiger partial charge in [-0.1, -0.05) is 50.8 Å². The van der Waals surface area contributed by atoms with Gasteiger partial charge < -0.3 is 9.47 Å². The number of hydrogen-bond donors (Lipinski definition) is 0. The van der Waals surface area contributed by atoms with Crippen molar-refractivity contribution in [2.24, 2.45) is 5.92 Å². The predicted octanol–water partition coefficient (Wildman–Crippen LogP) is 8.89. The lowest BCUT2D eigenvalue weighted by molar-refractivity contribution is -0.274. The van der Waals surface area contributed by atoms with Gasteiger partial charge in [-0.3, -0.25) is 0 Å². The first-order chi connectivity index (χ1) is 16.6. The van der Waals surface area contributed by atoms with Gasteiger partial charge in [0.1, 0.15) is 11.6 Å². The van der Waals surface area contributed by atoms with Crippen LogP contribution in [0.1, 0.15) is 80.9 Å². The van der Waals surface area contributed by atoms with Crippen LogP contribution < -0.4 is 4.74 Å². The summed E-state index contributed by atoms with van der Waals surface area (Å²) in [4.78, 5) is 0. The van der Waals surface area contributed by atoms with E-state index in [1.54, 1.807) is 6.07 Å². The van der Waals surface area contributed by atoms with Crippen LogP contribution in [0, 0.1) is 11.7 Å². The van der Waals surface area contributed by atoms with E-state index in [1.807, 2.05) is 0 Å². The fourth-order valence-electron chi connectivity index (χ4n) is 4.72. The molecule has 0 aliphatic heterocycles. The maximum atomic E-state index is 14.6. The quantitative estimate of drug-likeness (QED) is 0.226. The van der Waals surface area contributed by atoms with Gasteiger partial charge in [-0.05, 0) is 79.3 Å². The Morgan fingerprint density at radius 3 is 2.17 bits per heavy atom. The third-order valence-corrected chi connectivity index (χ3v) is 6.67. The van der Waals surface area contributed by atoms with Crippen molar-refractivity contribution in [2.75, 3.05) is 6.61 Å². The molecule has 0 bridgehead atoms. The Bertz CT molecular complexity index is 918. The van der Waals surface area contributed by atoms with Crippen LogP contribution in [-0.2, 0) is 17.3 Å². The van der Waals surface area contributed by atoms with Crippen molar-refractivity contribution >= 4 is 0 Å². The Balaban J connectivity index is 1.51. The molecule has 0 aromatic heterocycles. The summed E-state index contributed by atoms with van der Waals surface area (Å²) in [5, 5.41) is 0. The fraction of sp³-hybridized carbons (Fsp3) is 0.556. The summed E-state index contributed by atoms with van der Waals surface area (Å²) in [6.07, 6.45) is 0.341. The van der Waals surface area contributed by atoms with Crippen LogP contribution in [-0.4, -0.2) is 13.0 Å². The van der Waals surface area contributed by atoms with E-state index in [0.717, 1.165) is 49.4 Å². The molecule has 0 saturated heterocycles. The highest BCUT2D eigenvalue weighted by atomic mass is 19.4. The molecule has 0 spiro atoms. The van der Waals surface area contributed by atoms with Crippen LogP contribution >= 0.6 is 0 Å². The SMILES string of the molecule is CCCCCC1CCC(c2ccc(C(F)(F)OCCc3ccc(OC(F)(F)F)cc3)c(F)c2)CC1. The molecule has 0 amide bonds. The summed E-state index contributed by atoms with van der Waals surface area (Å²) in [5.41, 5.74) is 0.412. The summed E-state index contributed by atoms with van der Waals surface area (Å²) < 4.78 is 88.8. The van der Waals surface area contributed by atoms with Crippen LogP contribution in [0.5, 0.6) is 5.75 Å². The van der Waals surface area contributed by atoms with E-state index in [9.17, 15) is 26.3 Å². The molecule has 0 atom stereocenters. The van der Waals surface area contributed by atoms with E-state index >= 15 is 0 Å². The van der Waals surface area contributed by atoms with Crippen LogP contribution in [0.4, 0.5) is 26.3 Å². The summed E-state index contributed by atoms with van der Waals surface area (Å²) >= 11 is 0. The molecule has 0 radical (unpaired) electrons. The number of benzene rings is 2. The fourth-order valence-corrected chi connectivity index (χ4v) is 4.72. The van der Waals surface area contributed by atoms with E-state index in [2.05, 4.69) is 16.4 Å². The molecule has 35 heavy (non-hydrogen) atoms. The van der Waals surface area contributed by atoms with Gasteiger partial charge in [0.15, 0.2) is 0 Å². The van der Waals surface area contributed by atoms with Crippen molar-refractivity contribution in [3.8, 4) is 5.75 Å². The van der Waals surface area contributed by atoms with Crippen molar-refractivity contribution < 1.29 is 35.8 Å². The van der Waals surface area contributed by atoms with Crippen LogP contribution in [0.2, 0.25) is 0 Å². The van der Waals surface area contributed by atoms with E-state index in [-0.39, 0.29) is 12.3 Å². The number of halogens is 6. The van der Waals surface area contributed by atoms with Crippen LogP contribution in [0.15, 0.2) is 42.5 Å². The maximum Gasteiger partial charge on any atom is 0.573 e. The van der Waals surface area contributed by atoms with Crippen molar-refractivity contribution in [3.05, 3.63) is 65.0 Å². The lowest BCUT2D eigenvalue weighted by Crippen LogP contribution is -2.22. The Hall–Kier alpha value is -2.22. The number of ether oxygens (including phenoxy) is 2. The van der Waals surface area contributed by atoms with Crippen molar-refractivity contribution in [2.45, 2.75) is 83.1 Å². The zero-order valence-corrected chi connectivity index (χ0v) is 19.9. The van der Waals surface area contributed by atoms with Gasteiger partial charge in [0.05, 0.1) is 12.2 Å². The molecule has 8 heteroatoms. The number of rotatable bonds is 11. The molecule has 2 nitrogen and oxygen atoms in total. The average Bonchev–Trinajstić information content (AvgIpc) is 2.79. The molecule has 0 N–H and O–H groups in total. The van der Waals surface area contributed by atoms with Gasteiger partial charge in [-0.15, -0.1) is 13.2 Å². The van der Waals surface area contributed by atoms with Crippen LogP contribution in [0.25, 0.3) is 0 Å². The number of alkyl halides is 5. The van der Waals surface area contributed by atoms with Crippen molar-refractivity contribution in [3.63, 3.8) is 0 Å². The molecule has 1 aliphatic carbocycles. The minimum atomic E-state index is -4.81. The highest BCUT2D eigenvalue weighted by molar-refractivity contribution is 5.30. The highest BCUT2D eigenvalue weighted by Gasteiger charge is 2.36. The Labute approximate surface area is 202 Å². The number of hydrogen-bond acceptors (Lipinski definition) is 2. The van der Waals surface area contributed by atoms with E-state index < -0.39 is 36.2 Å². The monoisotopic (exact) mass is 502 g/mol. The second kappa shape index (κ2) is 12.2. The van der Waals surface area contributed by atoms with Gasteiger partial charge in [-0.25, -0.2) is 4.39 Å². The van der Waals surface area contributed by atoms with E-state index in [4.69, 9.17) is 0 Å². The minimum absolute atomic E-state index is 0.0170. The predicted molar refractivity (Wildman–Crippen MR) is 122 cm³/mol. The molecule has 2 aromatic rings. The molecule has 2 aromatic carbocycles. The lowest BCUT2D eigenvalue weighted by Gasteiger charge is -2.29. The first-order valence-corrected chi connectivity index (χ1v) is 12.2. The molecule has 3 rings (SSSR count). The second-order valence-corrected chi connectivity index (χ2v) is 9.26. The Morgan fingerprint density at radius 1 is 0.886 bits per heavy atom. The number of unbranched alkanes of at least 4 members (excludes halogenated alkanes) is 2. The average molecular weight is 503 g/mol. The standard InChI is InChI=1S/C27H32F6O2/c1-2-3-4-5-19-6-10-21(11-7-19)22-12-15-24(25(28)18-22)26(29,30)34-17-16-20-8-13-23(14-9-20)35-27(31,32)33/h8-9,12-15,18-19,21H,2-7,10-11,16-17H2,1H3. The lowest BCUT2D eigenvalue weighted by atomic mass is 9.77. The summed E-state index contributed by atoms with van der Waals surface area (Å²) in [5.74, 6) is -0.515. The zero-order chi connectivity index (χ0) is 25.5.